The first-order chi connectivity index (χ1) is 28.6. The van der Waals surface area contributed by atoms with Crippen LogP contribution in [0.4, 0.5) is 0 Å². The molecule has 0 bridgehead atoms. The first kappa shape index (κ1) is 43.8. The number of phenolic OH excluding ortho intramolecular Hbond substituents is 3. The molecule has 3 aromatic carbocycles. The normalized spacial score (nSPS) is 27.3. The minimum absolute atomic E-state index is 0.000134. The number of phenols is 3. The topological polar surface area (TPSA) is 271 Å². The number of aliphatic hydroxyl groups is 4. The van der Waals surface area contributed by atoms with Gasteiger partial charge in [0.15, 0.2) is 41.5 Å². The third kappa shape index (κ3) is 9.50. The summed E-state index contributed by atoms with van der Waals surface area (Å²) in [5.74, 6) is -3.06. The standard InChI is InChI=1S/C42H46O18/c1-5-19(2)40(52)59-37-20(3)54-41(35(50)34(37)49)60-39-36(51)38(58-32(48)13-8-21-6-10-23(44)11-7-21)31(18-43)57-42(39)55-24-15-29(53-4)33-27(47)17-28(56-30(33)16-24)22-9-12-25(45)26(46)14-22/h6-17,19-20,31,34-39,41-46,49-51H,5,18H2,1-4H3/b13-8+. The summed E-state index contributed by atoms with van der Waals surface area (Å²) in [6.07, 6.45) is -13.2. The number of methoxy groups -OCH3 is 1. The number of benzene rings is 3. The molecule has 0 aliphatic carbocycles. The predicted octanol–water partition coefficient (Wildman–Crippen LogP) is 2.48. The molecule has 18 nitrogen and oxygen atoms in total. The Balaban J connectivity index is 1.33. The van der Waals surface area contributed by atoms with E-state index in [0.717, 1.165) is 12.1 Å². The molecule has 0 saturated carbocycles. The Bertz CT molecular complexity index is 2240. The number of aliphatic hydroxyl groups excluding tert-OH is 4. The van der Waals surface area contributed by atoms with Gasteiger partial charge >= 0.3 is 11.9 Å². The first-order valence-corrected chi connectivity index (χ1v) is 19.0. The summed E-state index contributed by atoms with van der Waals surface area (Å²) in [5, 5.41) is 74.0. The average Bonchev–Trinajstić information content (AvgIpc) is 3.23. The van der Waals surface area contributed by atoms with Crippen molar-refractivity contribution in [3.05, 3.63) is 82.5 Å². The maximum Gasteiger partial charge on any atom is 0.331 e. The fourth-order valence-corrected chi connectivity index (χ4v) is 6.61. The van der Waals surface area contributed by atoms with Gasteiger partial charge in [-0.2, -0.15) is 0 Å². The van der Waals surface area contributed by atoms with E-state index in [2.05, 4.69) is 0 Å². The molecule has 1 aromatic heterocycles. The predicted molar refractivity (Wildman–Crippen MR) is 208 cm³/mol. The molecule has 11 atom stereocenters. The summed E-state index contributed by atoms with van der Waals surface area (Å²) in [7, 11) is 1.29. The molecule has 7 N–H and O–H groups in total. The molecule has 0 amide bonds. The second kappa shape index (κ2) is 18.7. The number of carbonyl (C=O) groups is 2. The smallest absolute Gasteiger partial charge is 0.331 e. The van der Waals surface area contributed by atoms with Crippen molar-refractivity contribution < 1.29 is 82.9 Å². The summed E-state index contributed by atoms with van der Waals surface area (Å²) in [5.41, 5.74) is 0.157. The van der Waals surface area contributed by atoms with Crippen molar-refractivity contribution in [1.29, 1.82) is 0 Å². The van der Waals surface area contributed by atoms with E-state index in [1.54, 1.807) is 13.8 Å². The molecule has 2 fully saturated rings. The van der Waals surface area contributed by atoms with Crippen molar-refractivity contribution in [2.45, 2.75) is 88.6 Å². The minimum Gasteiger partial charge on any atom is -0.508 e. The number of fused-ring (bicyclic) bond motifs is 1. The van der Waals surface area contributed by atoms with Gasteiger partial charge in [-0.25, -0.2) is 4.79 Å². The molecule has 6 rings (SSSR count). The van der Waals surface area contributed by atoms with Crippen LogP contribution in [-0.4, -0.2) is 123 Å². The van der Waals surface area contributed by atoms with Crippen molar-refractivity contribution in [3.63, 3.8) is 0 Å². The Hall–Kier alpha value is -5.73. The number of ether oxygens (including phenoxy) is 7. The van der Waals surface area contributed by atoms with E-state index < -0.39 is 103 Å². The highest BCUT2D eigenvalue weighted by atomic mass is 16.8. The second-order valence-corrected chi connectivity index (χ2v) is 14.3. The fourth-order valence-electron chi connectivity index (χ4n) is 6.61. The third-order valence-corrected chi connectivity index (χ3v) is 10.2. The third-order valence-electron chi connectivity index (χ3n) is 10.2. The zero-order chi connectivity index (χ0) is 43.4. The van der Waals surface area contributed by atoms with Crippen LogP contribution in [-0.2, 0) is 33.3 Å². The average molecular weight is 839 g/mol. The van der Waals surface area contributed by atoms with Crippen LogP contribution in [0.3, 0.4) is 0 Å². The Morgan fingerprint density at radius 2 is 1.58 bits per heavy atom. The van der Waals surface area contributed by atoms with Crippen LogP contribution in [0.5, 0.6) is 28.7 Å². The van der Waals surface area contributed by atoms with Crippen molar-refractivity contribution in [2.24, 2.45) is 5.92 Å². The van der Waals surface area contributed by atoms with Crippen LogP contribution in [0.2, 0.25) is 0 Å². The van der Waals surface area contributed by atoms with Crippen molar-refractivity contribution >= 4 is 29.0 Å². The lowest BCUT2D eigenvalue weighted by atomic mass is 9.97. The van der Waals surface area contributed by atoms with Crippen LogP contribution in [0.25, 0.3) is 28.4 Å². The van der Waals surface area contributed by atoms with Gasteiger partial charge < -0.3 is 73.3 Å². The molecule has 4 aromatic rings. The molecule has 3 heterocycles. The molecule has 2 aliphatic rings. The van der Waals surface area contributed by atoms with Gasteiger partial charge in [0.1, 0.15) is 58.4 Å². The van der Waals surface area contributed by atoms with Crippen LogP contribution >= 0.6 is 0 Å². The molecule has 60 heavy (non-hydrogen) atoms. The fraction of sp³-hybridized carbons (Fsp3) is 0.405. The second-order valence-electron chi connectivity index (χ2n) is 14.3. The van der Waals surface area contributed by atoms with Gasteiger partial charge in [-0.05, 0) is 55.3 Å². The molecular formula is C42H46O18. The Morgan fingerprint density at radius 1 is 0.850 bits per heavy atom. The van der Waals surface area contributed by atoms with Crippen LogP contribution in [0, 0.1) is 5.92 Å². The highest BCUT2D eigenvalue weighted by Crippen LogP contribution is 2.37. The van der Waals surface area contributed by atoms with Gasteiger partial charge in [0, 0.05) is 29.8 Å². The van der Waals surface area contributed by atoms with E-state index in [1.807, 2.05) is 0 Å². The number of esters is 2. The first-order valence-electron chi connectivity index (χ1n) is 19.0. The maximum absolute atomic E-state index is 13.3. The quantitative estimate of drug-likeness (QED) is 0.0579. The highest BCUT2D eigenvalue weighted by molar-refractivity contribution is 5.87. The molecule has 2 aliphatic heterocycles. The summed E-state index contributed by atoms with van der Waals surface area (Å²) in [4.78, 5) is 39.0. The van der Waals surface area contributed by atoms with E-state index in [4.69, 9.17) is 37.6 Å². The maximum atomic E-state index is 13.3. The zero-order valence-electron chi connectivity index (χ0n) is 32.8. The zero-order valence-corrected chi connectivity index (χ0v) is 32.8. The number of aromatic hydroxyl groups is 3. The van der Waals surface area contributed by atoms with Crippen molar-refractivity contribution in [2.75, 3.05) is 13.7 Å². The van der Waals surface area contributed by atoms with Crippen LogP contribution in [0.15, 0.2) is 76.0 Å². The van der Waals surface area contributed by atoms with Crippen LogP contribution < -0.4 is 14.9 Å². The van der Waals surface area contributed by atoms with Gasteiger partial charge in [0.25, 0.3) is 0 Å². The van der Waals surface area contributed by atoms with E-state index >= 15 is 0 Å². The lowest BCUT2D eigenvalue weighted by Crippen LogP contribution is -2.65. The Labute approximate surface area is 342 Å². The Kier molecular flexibility index (Phi) is 13.6. The van der Waals surface area contributed by atoms with Gasteiger partial charge in [-0.15, -0.1) is 0 Å². The summed E-state index contributed by atoms with van der Waals surface area (Å²) in [6, 6.07) is 13.5. The Morgan fingerprint density at radius 3 is 2.25 bits per heavy atom. The molecule has 18 heteroatoms. The van der Waals surface area contributed by atoms with Crippen LogP contribution in [0.1, 0.15) is 32.8 Å². The van der Waals surface area contributed by atoms with Gasteiger partial charge in [0.05, 0.1) is 25.7 Å². The van der Waals surface area contributed by atoms with Gasteiger partial charge in [-0.1, -0.05) is 26.0 Å². The minimum atomic E-state index is -1.88. The van der Waals surface area contributed by atoms with E-state index in [-0.39, 0.29) is 39.5 Å². The molecular weight excluding hydrogens is 792 g/mol. The number of carbonyl (C=O) groups excluding carboxylic acids is 2. The highest BCUT2D eigenvalue weighted by Gasteiger charge is 2.53. The van der Waals surface area contributed by atoms with E-state index in [0.29, 0.717) is 12.0 Å². The monoisotopic (exact) mass is 838 g/mol. The molecule has 0 radical (unpaired) electrons. The van der Waals surface area contributed by atoms with E-state index in [1.165, 1.54) is 74.7 Å². The molecule has 2 saturated heterocycles. The van der Waals surface area contributed by atoms with Gasteiger partial charge in [0.2, 0.25) is 6.29 Å². The van der Waals surface area contributed by atoms with Gasteiger partial charge in [-0.3, -0.25) is 9.59 Å². The summed E-state index contributed by atoms with van der Waals surface area (Å²) < 4.78 is 46.7. The molecule has 0 spiro atoms. The lowest BCUT2D eigenvalue weighted by Gasteiger charge is -2.46. The molecule has 322 valence electrons. The SMILES string of the molecule is CCC(C)C(=O)OC1C(C)OC(OC2C(Oc3cc(OC)c4c(=O)cc(-c5ccc(O)c(O)c5)oc4c3)OC(CO)C(OC(=O)/C=C/c3ccc(O)cc3)C2O)C(O)C1O. The lowest BCUT2D eigenvalue weighted by molar-refractivity contribution is -0.355. The summed E-state index contributed by atoms with van der Waals surface area (Å²) >= 11 is 0. The number of hydrogen-bond donors (Lipinski definition) is 7. The number of hydrogen-bond acceptors (Lipinski definition) is 18. The largest absolute Gasteiger partial charge is 0.508 e. The molecule has 11 unspecified atom stereocenters. The van der Waals surface area contributed by atoms with Crippen molar-refractivity contribution in [1.82, 2.24) is 0 Å². The van der Waals surface area contributed by atoms with Crippen molar-refractivity contribution in [3.8, 4) is 40.1 Å². The van der Waals surface area contributed by atoms with E-state index in [9.17, 15) is 50.1 Å². The summed E-state index contributed by atoms with van der Waals surface area (Å²) in [6.45, 7) is 4.07. The number of rotatable bonds is 13.